The van der Waals surface area contributed by atoms with Crippen molar-refractivity contribution in [2.75, 3.05) is 74.8 Å². The first-order chi connectivity index (χ1) is 53.1. The zero-order valence-electron chi connectivity index (χ0n) is 66.7. The van der Waals surface area contributed by atoms with Crippen LogP contribution in [-0.2, 0) is 23.5 Å². The summed E-state index contributed by atoms with van der Waals surface area (Å²) in [5.74, 6) is 2.95. The number of phenolic OH excluding ortho intramolecular Hbond substituents is 2. The van der Waals surface area contributed by atoms with E-state index in [-0.39, 0.29) is 70.3 Å². The van der Waals surface area contributed by atoms with E-state index in [0.717, 1.165) is 4.47 Å². The highest BCUT2D eigenvalue weighted by atomic mass is 79.9. The molecule has 0 spiro atoms. The molecule has 0 bridgehead atoms. The fourth-order valence-electron chi connectivity index (χ4n) is 11.2. The lowest BCUT2D eigenvalue weighted by Gasteiger charge is -2.33. The molecule has 1 aromatic heterocycles. The van der Waals surface area contributed by atoms with E-state index in [4.69, 9.17) is 78.3 Å². The fourth-order valence-corrected chi connectivity index (χ4v) is 12.7. The molecular weight excluding hydrogens is 1680 g/mol. The number of benzene rings is 5. The van der Waals surface area contributed by atoms with Crippen molar-refractivity contribution in [1.29, 1.82) is 21.0 Å². The Hall–Kier alpha value is -9.67. The second-order valence-corrected chi connectivity index (χ2v) is 33.0. The number of likely N-dealkylation sites (tertiary alicyclic amines) is 3. The number of ether oxygens (including phenoxy) is 11. The molecule has 4 aliphatic heterocycles. The Bertz CT molecular complexity index is 4490. The van der Waals surface area contributed by atoms with Crippen molar-refractivity contribution in [1.82, 2.24) is 24.7 Å². The molecule has 0 atom stereocenters. The monoisotopic (exact) mass is 1770 g/mol. The molecule has 0 unspecified atom stereocenters. The third kappa shape index (κ3) is 26.7. The number of nitriles is 4. The molecule has 113 heavy (non-hydrogen) atoms. The lowest BCUT2D eigenvalue weighted by Crippen LogP contribution is -2.44. The Morgan fingerprint density at radius 3 is 1.21 bits per heavy atom. The van der Waals surface area contributed by atoms with Crippen LogP contribution in [0.2, 0.25) is 5.28 Å². The van der Waals surface area contributed by atoms with Crippen molar-refractivity contribution in [3.63, 3.8) is 0 Å². The van der Waals surface area contributed by atoms with Crippen LogP contribution in [-0.4, -0.2) is 188 Å². The first kappa shape index (κ1) is 92.2. The van der Waals surface area contributed by atoms with Crippen molar-refractivity contribution in [3.05, 3.63) is 119 Å². The quantitative estimate of drug-likeness (QED) is 0.0443. The minimum Gasteiger partial charge on any atom is -0.504 e. The summed E-state index contributed by atoms with van der Waals surface area (Å²) in [6, 6.07) is 26.7. The van der Waals surface area contributed by atoms with Gasteiger partial charge in [-0.15, -0.1) is 0 Å². The van der Waals surface area contributed by atoms with E-state index < -0.39 is 35.1 Å². The minimum absolute atomic E-state index is 0.0825. The van der Waals surface area contributed by atoms with Crippen LogP contribution in [0.3, 0.4) is 0 Å². The normalized spacial score (nSPS) is 15.3. The number of carbonyl (C=O) groups excluding carboxylic acids is 4. The van der Waals surface area contributed by atoms with E-state index in [9.17, 15) is 45.2 Å². The molecule has 28 nitrogen and oxygen atoms in total. The van der Waals surface area contributed by atoms with Gasteiger partial charge in [0.2, 0.25) is 5.28 Å². The number of hydrogen-bond donors (Lipinski definition) is 2. The standard InChI is InChI=1S/C24H35BN2O6.C22H25ClN4O4.C18H23BrN2O4.C8H6BrNO2.C8H7BrO3/c1-22(2,3)31-21(28)27-11-9-18(10-12-27)30-20-16(15-26)13-17(14-19(20)29-8)25-32-23(4,5)24(6,7)33-25;1-22(2,3)31-21(28)27-9-6-16(7-10-27)30-19-15(13-24)11-14(12-18(19)29-4)17-5-8-25-20(23)26-17;1-18(2,3)25-17(22)21-7-5-14(6-8-21)24-16-12(11-20)9-13(19)10-15(16)23-4;2*1-12-7-3-6(9)2-5(4-10)8(7)11/h13-14,18H,9-12H2,1-8H3;5,8,11-12,16H,6-7,9-10H2,1-4H3;9-10,14H,5-8H2,1-4H3;2-3,11H,1H3;2-4,11H,1H3. The van der Waals surface area contributed by atoms with Crippen LogP contribution in [0.1, 0.15) is 161 Å². The van der Waals surface area contributed by atoms with Gasteiger partial charge in [0.15, 0.2) is 63.8 Å². The number of amides is 3. The molecule has 4 fully saturated rings. The summed E-state index contributed by atoms with van der Waals surface area (Å²) in [6.45, 7) is 27.8. The molecule has 3 amide bonds. The maximum Gasteiger partial charge on any atom is 0.495 e. The SMILES string of the molecule is COc1cc(-c2ccnc(Cl)n2)cc(C#N)c1OC1CCN(C(=O)OC(C)(C)C)CC1.COc1cc(B2OC(C)(C)C(C)(C)O2)cc(C#N)c1OC1CCN(C(=O)OC(C)(C)C)CC1.COc1cc(Br)cc(C#N)c1O.COc1cc(Br)cc(C#N)c1OC1CCN(C(=O)OC(C)(C)C)CC1.COc1cc(Br)cc(C=O)c1O. The summed E-state index contributed by atoms with van der Waals surface area (Å²) in [5.41, 5.74) is 0.913. The van der Waals surface area contributed by atoms with Crippen molar-refractivity contribution in [2.45, 2.75) is 175 Å². The van der Waals surface area contributed by atoms with Crippen LogP contribution < -0.4 is 43.4 Å². The zero-order valence-corrected chi connectivity index (χ0v) is 72.2. The van der Waals surface area contributed by atoms with E-state index in [2.05, 4.69) is 76.0 Å². The summed E-state index contributed by atoms with van der Waals surface area (Å²) < 4.78 is 75.2. The van der Waals surface area contributed by atoms with Crippen LogP contribution in [0.15, 0.2) is 86.3 Å². The van der Waals surface area contributed by atoms with Gasteiger partial charge >= 0.3 is 25.4 Å². The third-order valence-corrected chi connectivity index (χ3v) is 19.1. The number of aromatic hydroxyl groups is 2. The Morgan fingerprint density at radius 1 is 0.513 bits per heavy atom. The smallest absolute Gasteiger partial charge is 0.495 e. The zero-order chi connectivity index (χ0) is 84.1. The Labute approximate surface area is 690 Å². The van der Waals surface area contributed by atoms with Gasteiger partial charge in [-0.25, -0.2) is 24.4 Å². The van der Waals surface area contributed by atoms with E-state index in [1.54, 1.807) is 89.7 Å². The number of nitrogens with zero attached hydrogens (tertiary/aromatic N) is 9. The molecule has 6 aromatic rings. The number of methoxy groups -OCH3 is 5. The third-order valence-electron chi connectivity index (χ3n) is 17.6. The van der Waals surface area contributed by atoms with Gasteiger partial charge in [-0.1, -0.05) is 47.8 Å². The molecule has 10 rings (SSSR count). The molecule has 4 aliphatic rings. The number of carbonyl (C=O) groups is 4. The summed E-state index contributed by atoms with van der Waals surface area (Å²) in [7, 11) is 6.86. The van der Waals surface area contributed by atoms with Gasteiger partial charge in [-0.2, -0.15) is 21.0 Å². The molecule has 2 N–H and O–H groups in total. The van der Waals surface area contributed by atoms with E-state index in [1.807, 2.05) is 96.1 Å². The van der Waals surface area contributed by atoms with Crippen molar-refractivity contribution in [3.8, 4) is 93.0 Å². The van der Waals surface area contributed by atoms with E-state index >= 15 is 0 Å². The molecule has 0 aliphatic carbocycles. The van der Waals surface area contributed by atoms with Crippen LogP contribution in [0.4, 0.5) is 14.4 Å². The predicted octanol–water partition coefficient (Wildman–Crippen LogP) is 16.2. The highest BCUT2D eigenvalue weighted by Crippen LogP contribution is 2.42. The second-order valence-electron chi connectivity index (χ2n) is 29.9. The molecule has 0 radical (unpaired) electrons. The maximum absolute atomic E-state index is 12.3. The highest BCUT2D eigenvalue weighted by Gasteiger charge is 2.52. The van der Waals surface area contributed by atoms with E-state index in [0.29, 0.717) is 167 Å². The van der Waals surface area contributed by atoms with Crippen LogP contribution >= 0.6 is 59.4 Å². The number of halogens is 4. The van der Waals surface area contributed by atoms with Gasteiger partial charge < -0.3 is 86.3 Å². The number of phenols is 2. The molecule has 0 saturated carbocycles. The number of piperidine rings is 3. The molecule has 5 aromatic carbocycles. The summed E-state index contributed by atoms with van der Waals surface area (Å²) in [4.78, 5) is 60.2. The van der Waals surface area contributed by atoms with Crippen molar-refractivity contribution < 1.29 is 90.8 Å². The van der Waals surface area contributed by atoms with Crippen molar-refractivity contribution in [2.24, 2.45) is 0 Å². The predicted molar refractivity (Wildman–Crippen MR) is 432 cm³/mol. The molecule has 606 valence electrons. The number of rotatable bonds is 14. The van der Waals surface area contributed by atoms with Gasteiger partial charge in [0.1, 0.15) is 59.4 Å². The minimum atomic E-state index is -0.609. The van der Waals surface area contributed by atoms with Gasteiger partial charge in [0, 0.05) is 103 Å². The van der Waals surface area contributed by atoms with Crippen molar-refractivity contribution >= 4 is 96.5 Å². The largest absolute Gasteiger partial charge is 0.504 e. The number of hydrogen-bond acceptors (Lipinski definition) is 25. The van der Waals surface area contributed by atoms with Gasteiger partial charge in [-0.05, 0) is 174 Å². The fraction of sp³-hybridized carbons (Fsp3) is 0.475. The van der Waals surface area contributed by atoms with Crippen LogP contribution in [0.5, 0.6) is 57.5 Å². The summed E-state index contributed by atoms with van der Waals surface area (Å²) in [5, 5.41) is 56.2. The first-order valence-electron chi connectivity index (χ1n) is 35.9. The molecule has 5 heterocycles. The topological polar surface area (TPSA) is 359 Å². The highest BCUT2D eigenvalue weighted by molar-refractivity contribution is 9.11. The number of aromatic nitrogens is 2. The average Bonchev–Trinajstić information content (AvgIpc) is 1.62. The summed E-state index contributed by atoms with van der Waals surface area (Å²) >= 11 is 15.6. The Balaban J connectivity index is 0.000000231. The van der Waals surface area contributed by atoms with E-state index in [1.165, 1.54) is 33.5 Å². The molecule has 33 heteroatoms. The number of aldehydes is 1. The molecular formula is C80H96BBr3ClN9O19. The lowest BCUT2D eigenvalue weighted by molar-refractivity contribution is 0.00578. The van der Waals surface area contributed by atoms with Crippen LogP contribution in [0, 0.1) is 45.3 Å². The van der Waals surface area contributed by atoms with Gasteiger partial charge in [-0.3, -0.25) is 4.79 Å². The lowest BCUT2D eigenvalue weighted by atomic mass is 9.78. The Morgan fingerprint density at radius 2 is 0.850 bits per heavy atom. The second kappa shape index (κ2) is 40.9. The van der Waals surface area contributed by atoms with Crippen LogP contribution in [0.25, 0.3) is 11.3 Å². The summed E-state index contributed by atoms with van der Waals surface area (Å²) in [6.07, 6.45) is 4.64. The average molecular weight is 1770 g/mol. The van der Waals surface area contributed by atoms with Gasteiger partial charge in [0.05, 0.1) is 80.3 Å². The Kier molecular flexibility index (Phi) is 33.4. The van der Waals surface area contributed by atoms with Gasteiger partial charge in [0.25, 0.3) is 0 Å². The first-order valence-corrected chi connectivity index (χ1v) is 38.6. The maximum atomic E-state index is 12.3. The molecule has 4 saturated heterocycles.